The Hall–Kier alpha value is -1.71. The molecule has 8 nitrogen and oxygen atoms in total. The molecule has 0 saturated carbocycles. The van der Waals surface area contributed by atoms with E-state index in [0.29, 0.717) is 39.1 Å². The number of nitrogens with one attached hydrogen (secondary N) is 1. The summed E-state index contributed by atoms with van der Waals surface area (Å²) in [6, 6.07) is 7.31. The standard InChI is InChI=1S/C20H29N3O5/c1-26-14-5-3-2-4-13(14)10-22-16-15-11-27-20(28-15)17(18(16)24)23-8-6-12(7-9-23)19(21)25/h2-5,12,15-18,20,22,24H,6-11H2,1H3,(H2,21,25)/t15-,16-,17-,18+,20-/m1/s1. The second-order valence-electron chi connectivity index (χ2n) is 7.79. The number of hydrogen-bond acceptors (Lipinski definition) is 7. The number of aliphatic hydroxyl groups excluding tert-OH is 1. The fourth-order valence-electron chi connectivity index (χ4n) is 4.60. The van der Waals surface area contributed by atoms with Gasteiger partial charge in [-0.25, -0.2) is 0 Å². The first-order valence-electron chi connectivity index (χ1n) is 9.92. The van der Waals surface area contributed by atoms with Crippen LogP contribution in [0.25, 0.3) is 0 Å². The van der Waals surface area contributed by atoms with Gasteiger partial charge in [-0.3, -0.25) is 9.69 Å². The van der Waals surface area contributed by atoms with E-state index in [4.69, 9.17) is 19.9 Å². The Morgan fingerprint density at radius 1 is 1.36 bits per heavy atom. The van der Waals surface area contributed by atoms with Crippen LogP contribution in [0.3, 0.4) is 0 Å². The number of carbonyl (C=O) groups excluding carboxylic acids is 1. The molecule has 3 fully saturated rings. The predicted octanol–water partition coefficient (Wildman–Crippen LogP) is -0.165. The molecule has 0 spiro atoms. The number of nitrogens with zero attached hydrogens (tertiary/aromatic N) is 1. The first-order chi connectivity index (χ1) is 13.6. The number of amides is 1. The van der Waals surface area contributed by atoms with Crippen molar-refractivity contribution in [1.29, 1.82) is 0 Å². The molecule has 4 rings (SSSR count). The number of fused-ring (bicyclic) bond motifs is 2. The Bertz CT molecular complexity index is 694. The zero-order chi connectivity index (χ0) is 19.7. The minimum Gasteiger partial charge on any atom is -0.496 e. The van der Waals surface area contributed by atoms with E-state index in [9.17, 15) is 9.90 Å². The average Bonchev–Trinajstić information content (AvgIpc) is 3.13. The number of piperidine rings is 1. The Balaban J connectivity index is 1.43. The van der Waals surface area contributed by atoms with Crippen LogP contribution in [0.15, 0.2) is 24.3 Å². The highest BCUT2D eigenvalue weighted by molar-refractivity contribution is 5.76. The lowest BCUT2D eigenvalue weighted by atomic mass is 9.90. The molecule has 3 heterocycles. The first-order valence-corrected chi connectivity index (χ1v) is 9.92. The van der Waals surface area contributed by atoms with Gasteiger partial charge >= 0.3 is 0 Å². The molecule has 5 atom stereocenters. The average molecular weight is 391 g/mol. The maximum atomic E-state index is 11.4. The van der Waals surface area contributed by atoms with E-state index in [0.717, 1.165) is 11.3 Å². The van der Waals surface area contributed by atoms with E-state index in [1.165, 1.54) is 0 Å². The van der Waals surface area contributed by atoms with Gasteiger partial charge in [-0.15, -0.1) is 0 Å². The number of methoxy groups -OCH3 is 1. The van der Waals surface area contributed by atoms with Gasteiger partial charge in [0.05, 0.1) is 31.9 Å². The predicted molar refractivity (Wildman–Crippen MR) is 102 cm³/mol. The van der Waals surface area contributed by atoms with E-state index in [1.54, 1.807) is 7.11 Å². The second-order valence-corrected chi connectivity index (χ2v) is 7.79. The number of hydrogen-bond donors (Lipinski definition) is 3. The van der Waals surface area contributed by atoms with E-state index < -0.39 is 12.4 Å². The number of nitrogens with two attached hydrogens (primary N) is 1. The van der Waals surface area contributed by atoms with Crippen LogP contribution in [-0.2, 0) is 20.8 Å². The summed E-state index contributed by atoms with van der Waals surface area (Å²) < 4.78 is 17.3. The van der Waals surface area contributed by atoms with E-state index in [1.807, 2.05) is 24.3 Å². The van der Waals surface area contributed by atoms with E-state index in [-0.39, 0.29) is 30.0 Å². The maximum Gasteiger partial charge on any atom is 0.220 e. The van der Waals surface area contributed by atoms with Crippen molar-refractivity contribution in [3.63, 3.8) is 0 Å². The van der Waals surface area contributed by atoms with Gasteiger partial charge < -0.3 is 30.4 Å². The minimum absolute atomic E-state index is 0.0883. The molecule has 0 aliphatic carbocycles. The normalized spacial score (nSPS) is 33.7. The lowest BCUT2D eigenvalue weighted by Gasteiger charge is -2.46. The quantitative estimate of drug-likeness (QED) is 0.618. The Kier molecular flexibility index (Phi) is 5.84. The summed E-state index contributed by atoms with van der Waals surface area (Å²) in [6.45, 7) is 2.41. The largest absolute Gasteiger partial charge is 0.496 e. The van der Waals surface area contributed by atoms with Crippen LogP contribution in [0.2, 0.25) is 0 Å². The highest BCUT2D eigenvalue weighted by Gasteiger charge is 2.52. The van der Waals surface area contributed by atoms with Crippen molar-refractivity contribution in [1.82, 2.24) is 10.2 Å². The van der Waals surface area contributed by atoms with Gasteiger partial charge in [-0.1, -0.05) is 18.2 Å². The van der Waals surface area contributed by atoms with Gasteiger partial charge in [0, 0.05) is 18.0 Å². The zero-order valence-corrected chi connectivity index (χ0v) is 16.1. The summed E-state index contributed by atoms with van der Waals surface area (Å²) in [5.74, 6) is 0.482. The molecule has 28 heavy (non-hydrogen) atoms. The summed E-state index contributed by atoms with van der Waals surface area (Å²) in [5, 5.41) is 14.6. The van der Waals surface area contributed by atoms with E-state index >= 15 is 0 Å². The van der Waals surface area contributed by atoms with Crippen molar-refractivity contribution in [3.8, 4) is 5.75 Å². The number of aliphatic hydroxyl groups is 1. The molecule has 1 amide bonds. The molecule has 3 saturated heterocycles. The molecule has 0 radical (unpaired) electrons. The summed E-state index contributed by atoms with van der Waals surface area (Å²) in [6.07, 6.45) is 0.150. The van der Waals surface area contributed by atoms with Crippen molar-refractivity contribution in [2.75, 3.05) is 26.8 Å². The third-order valence-electron chi connectivity index (χ3n) is 6.21. The topological polar surface area (TPSA) is 106 Å². The SMILES string of the molecule is COc1ccccc1CN[C@H]1[C@H](O)[C@@H](N2CCC(C(N)=O)CC2)[C@@H]2OC[C@H]1O2. The summed E-state index contributed by atoms with van der Waals surface area (Å²) >= 11 is 0. The molecular formula is C20H29N3O5. The van der Waals surface area contributed by atoms with Crippen molar-refractivity contribution in [3.05, 3.63) is 29.8 Å². The fraction of sp³-hybridized carbons (Fsp3) is 0.650. The summed E-state index contributed by atoms with van der Waals surface area (Å²) in [4.78, 5) is 13.6. The van der Waals surface area contributed by atoms with Crippen molar-refractivity contribution in [2.45, 2.75) is 50.0 Å². The first kappa shape index (κ1) is 19.6. The lowest BCUT2D eigenvalue weighted by Crippen LogP contribution is -2.65. The van der Waals surface area contributed by atoms with Gasteiger partial charge in [0.15, 0.2) is 6.29 Å². The number of benzene rings is 1. The van der Waals surface area contributed by atoms with Crippen LogP contribution in [-0.4, -0.2) is 73.3 Å². The highest BCUT2D eigenvalue weighted by atomic mass is 16.7. The Labute approximate surface area is 164 Å². The van der Waals surface area contributed by atoms with Crippen LogP contribution in [0.1, 0.15) is 18.4 Å². The summed E-state index contributed by atoms with van der Waals surface area (Å²) in [5.41, 5.74) is 6.47. The number of rotatable bonds is 6. The number of likely N-dealkylation sites (tertiary alicyclic amines) is 1. The van der Waals surface area contributed by atoms with Crippen LogP contribution in [0.5, 0.6) is 5.75 Å². The monoisotopic (exact) mass is 391 g/mol. The zero-order valence-electron chi connectivity index (χ0n) is 16.1. The maximum absolute atomic E-state index is 11.4. The third-order valence-corrected chi connectivity index (χ3v) is 6.21. The minimum atomic E-state index is -0.633. The molecule has 4 N–H and O–H groups in total. The molecule has 1 aromatic rings. The van der Waals surface area contributed by atoms with Gasteiger partial charge in [0.1, 0.15) is 11.9 Å². The van der Waals surface area contributed by atoms with Crippen molar-refractivity contribution in [2.24, 2.45) is 11.7 Å². The Morgan fingerprint density at radius 3 is 2.82 bits per heavy atom. The molecule has 1 aromatic carbocycles. The van der Waals surface area contributed by atoms with Gasteiger partial charge in [-0.05, 0) is 32.0 Å². The highest BCUT2D eigenvalue weighted by Crippen LogP contribution is 2.33. The van der Waals surface area contributed by atoms with Gasteiger partial charge in [0.2, 0.25) is 5.91 Å². The molecular weight excluding hydrogens is 362 g/mol. The molecule has 0 unspecified atom stereocenters. The number of carbonyl (C=O) groups is 1. The fourth-order valence-corrected chi connectivity index (χ4v) is 4.60. The smallest absolute Gasteiger partial charge is 0.220 e. The van der Waals surface area contributed by atoms with E-state index in [2.05, 4.69) is 10.2 Å². The van der Waals surface area contributed by atoms with Crippen LogP contribution in [0, 0.1) is 5.92 Å². The van der Waals surface area contributed by atoms with Crippen LogP contribution < -0.4 is 15.8 Å². The molecule has 154 valence electrons. The lowest BCUT2D eigenvalue weighted by molar-refractivity contribution is -0.186. The molecule has 0 aromatic heterocycles. The third kappa shape index (κ3) is 3.75. The van der Waals surface area contributed by atoms with Gasteiger partial charge in [0.25, 0.3) is 0 Å². The molecule has 8 heteroatoms. The van der Waals surface area contributed by atoms with Gasteiger partial charge in [-0.2, -0.15) is 0 Å². The van der Waals surface area contributed by atoms with Crippen LogP contribution >= 0.6 is 0 Å². The molecule has 2 bridgehead atoms. The Morgan fingerprint density at radius 2 is 2.11 bits per heavy atom. The van der Waals surface area contributed by atoms with Crippen molar-refractivity contribution < 1.29 is 24.1 Å². The van der Waals surface area contributed by atoms with Crippen LogP contribution in [0.4, 0.5) is 0 Å². The number of ether oxygens (including phenoxy) is 3. The number of primary amides is 1. The molecule has 3 aliphatic rings. The second kappa shape index (κ2) is 8.34. The molecule has 3 aliphatic heterocycles. The number of para-hydroxylation sites is 1. The summed E-state index contributed by atoms with van der Waals surface area (Å²) in [7, 11) is 1.65. The van der Waals surface area contributed by atoms with Crippen molar-refractivity contribution >= 4 is 5.91 Å².